The summed E-state index contributed by atoms with van der Waals surface area (Å²) in [5.74, 6) is 0.225. The third kappa shape index (κ3) is 4.25. The van der Waals surface area contributed by atoms with E-state index in [1.165, 1.54) is 4.31 Å². The van der Waals surface area contributed by atoms with Crippen molar-refractivity contribution in [3.05, 3.63) is 52.8 Å². The van der Waals surface area contributed by atoms with Crippen LogP contribution in [0.1, 0.15) is 46.1 Å². The van der Waals surface area contributed by atoms with Crippen LogP contribution in [0.15, 0.2) is 35.2 Å². The predicted molar refractivity (Wildman–Crippen MR) is 122 cm³/mol. The number of pyridine rings is 1. The Morgan fingerprint density at radius 3 is 2.55 bits per heavy atom. The van der Waals surface area contributed by atoms with Crippen molar-refractivity contribution < 1.29 is 17.9 Å². The Bertz CT molecular complexity index is 1310. The average Bonchev–Trinajstić information content (AvgIpc) is 3.64. The van der Waals surface area contributed by atoms with Crippen LogP contribution in [0.3, 0.4) is 0 Å². The molecular weight excluding hydrogens is 442 g/mol. The highest BCUT2D eigenvalue weighted by Gasteiger charge is 2.29. The lowest BCUT2D eigenvalue weighted by Gasteiger charge is -2.26. The predicted octanol–water partition coefficient (Wildman–Crippen LogP) is 2.11. The molecule has 0 unspecified atom stereocenters. The molecule has 0 radical (unpaired) electrons. The van der Waals surface area contributed by atoms with Crippen LogP contribution < -0.4 is 5.32 Å². The number of rotatable bonds is 6. The van der Waals surface area contributed by atoms with E-state index in [4.69, 9.17) is 9.72 Å². The first kappa shape index (κ1) is 22.0. The van der Waals surface area contributed by atoms with E-state index in [1.807, 2.05) is 20.0 Å². The van der Waals surface area contributed by atoms with Crippen molar-refractivity contribution in [3.8, 4) is 0 Å². The second kappa shape index (κ2) is 8.51. The molecule has 1 aromatic carbocycles. The molecule has 5 rings (SSSR count). The maximum Gasteiger partial charge on any atom is 0.252 e. The molecule has 1 aliphatic carbocycles. The molecule has 3 heterocycles. The van der Waals surface area contributed by atoms with Gasteiger partial charge in [-0.3, -0.25) is 9.48 Å². The summed E-state index contributed by atoms with van der Waals surface area (Å²) in [6.45, 7) is 3.70. The summed E-state index contributed by atoms with van der Waals surface area (Å²) in [5.41, 5.74) is 3.83. The van der Waals surface area contributed by atoms with Crippen molar-refractivity contribution >= 4 is 27.0 Å². The van der Waals surface area contributed by atoms with Crippen LogP contribution in [0.5, 0.6) is 0 Å². The van der Waals surface area contributed by atoms with Gasteiger partial charge in [-0.2, -0.15) is 9.40 Å². The number of nitrogens with one attached hydrogen (secondary N) is 1. The lowest BCUT2D eigenvalue weighted by atomic mass is 10.1. The van der Waals surface area contributed by atoms with Crippen LogP contribution in [-0.4, -0.2) is 59.7 Å². The zero-order chi connectivity index (χ0) is 23.2. The fraction of sp³-hybridized carbons (Fsp3) is 0.435. The van der Waals surface area contributed by atoms with Gasteiger partial charge in [0.1, 0.15) is 0 Å². The third-order valence-electron chi connectivity index (χ3n) is 6.21. The van der Waals surface area contributed by atoms with Gasteiger partial charge in [0.05, 0.1) is 34.8 Å². The van der Waals surface area contributed by atoms with E-state index in [9.17, 15) is 13.2 Å². The molecule has 2 aromatic heterocycles. The topological polar surface area (TPSA) is 106 Å². The van der Waals surface area contributed by atoms with Crippen LogP contribution >= 0.6 is 0 Å². The number of hydrogen-bond acceptors (Lipinski definition) is 6. The lowest BCUT2D eigenvalue weighted by Crippen LogP contribution is -2.40. The fourth-order valence-electron chi connectivity index (χ4n) is 4.22. The molecule has 0 spiro atoms. The Morgan fingerprint density at radius 1 is 1.18 bits per heavy atom. The summed E-state index contributed by atoms with van der Waals surface area (Å²) in [6.07, 6.45) is 2.19. The number of benzene rings is 1. The minimum Gasteiger partial charge on any atom is -0.379 e. The van der Waals surface area contributed by atoms with Crippen LogP contribution in [0.2, 0.25) is 0 Å². The van der Waals surface area contributed by atoms with Gasteiger partial charge in [0.15, 0.2) is 5.65 Å². The Hall–Kier alpha value is -2.82. The molecule has 1 saturated carbocycles. The molecule has 10 heteroatoms. The monoisotopic (exact) mass is 469 g/mol. The van der Waals surface area contributed by atoms with Gasteiger partial charge >= 0.3 is 0 Å². The standard InChI is InChI=1S/C23H27N5O4S/c1-15-21-19(13-20(17-5-6-17)25-22(21)27(2)26-15)23(29)24-14-16-3-7-18(8-4-16)33(30,31)28-9-11-32-12-10-28/h3-4,7-8,13,17H,5-6,9-12,14H2,1-2H3,(H,24,29). The zero-order valence-corrected chi connectivity index (χ0v) is 19.6. The first-order valence-corrected chi connectivity index (χ1v) is 12.6. The molecule has 2 aliphatic rings. The number of amides is 1. The molecule has 0 atom stereocenters. The van der Waals surface area contributed by atoms with Crippen molar-refractivity contribution in [1.82, 2.24) is 24.4 Å². The van der Waals surface area contributed by atoms with Crippen molar-refractivity contribution in [1.29, 1.82) is 0 Å². The van der Waals surface area contributed by atoms with Gasteiger partial charge < -0.3 is 10.1 Å². The number of carbonyl (C=O) groups excluding carboxylic acids is 1. The van der Waals surface area contributed by atoms with E-state index >= 15 is 0 Å². The van der Waals surface area contributed by atoms with E-state index < -0.39 is 10.0 Å². The smallest absolute Gasteiger partial charge is 0.252 e. The van der Waals surface area contributed by atoms with E-state index in [1.54, 1.807) is 28.9 Å². The molecular formula is C23H27N5O4S. The van der Waals surface area contributed by atoms with Crippen molar-refractivity contribution in [2.45, 2.75) is 37.1 Å². The Morgan fingerprint density at radius 2 is 1.88 bits per heavy atom. The highest BCUT2D eigenvalue weighted by Crippen LogP contribution is 2.40. The number of carbonyl (C=O) groups is 1. The van der Waals surface area contributed by atoms with Gasteiger partial charge in [-0.1, -0.05) is 12.1 Å². The number of fused-ring (bicyclic) bond motifs is 1. The summed E-state index contributed by atoms with van der Waals surface area (Å²) in [5, 5.41) is 8.19. The van der Waals surface area contributed by atoms with Crippen LogP contribution in [0, 0.1) is 6.92 Å². The van der Waals surface area contributed by atoms with E-state index in [0.717, 1.165) is 40.8 Å². The SMILES string of the molecule is Cc1nn(C)c2nc(C3CC3)cc(C(=O)NCc3ccc(S(=O)(=O)N4CCOCC4)cc3)c12. The van der Waals surface area contributed by atoms with Crippen molar-refractivity contribution in [2.75, 3.05) is 26.3 Å². The first-order chi connectivity index (χ1) is 15.8. The van der Waals surface area contributed by atoms with Gasteiger partial charge in [-0.25, -0.2) is 13.4 Å². The molecule has 0 bridgehead atoms. The molecule has 174 valence electrons. The second-order valence-electron chi connectivity index (χ2n) is 8.62. The number of ether oxygens (including phenoxy) is 1. The molecule has 2 fully saturated rings. The van der Waals surface area contributed by atoms with E-state index in [0.29, 0.717) is 44.3 Å². The van der Waals surface area contributed by atoms with Crippen LogP contribution in [-0.2, 0) is 28.4 Å². The Balaban J connectivity index is 1.33. The summed E-state index contributed by atoms with van der Waals surface area (Å²) in [7, 11) is -1.70. The highest BCUT2D eigenvalue weighted by molar-refractivity contribution is 7.89. The third-order valence-corrected chi connectivity index (χ3v) is 8.13. The summed E-state index contributed by atoms with van der Waals surface area (Å²) >= 11 is 0. The zero-order valence-electron chi connectivity index (χ0n) is 18.7. The van der Waals surface area contributed by atoms with Gasteiger partial charge in [0.25, 0.3) is 5.91 Å². The molecule has 3 aromatic rings. The van der Waals surface area contributed by atoms with Gasteiger partial charge in [-0.15, -0.1) is 0 Å². The van der Waals surface area contributed by atoms with Crippen molar-refractivity contribution in [3.63, 3.8) is 0 Å². The fourth-order valence-corrected chi connectivity index (χ4v) is 5.63. The molecule has 1 aliphatic heterocycles. The number of morpholine rings is 1. The first-order valence-electron chi connectivity index (χ1n) is 11.1. The van der Waals surface area contributed by atoms with Crippen LogP contribution in [0.25, 0.3) is 11.0 Å². The Kier molecular flexibility index (Phi) is 5.67. The lowest BCUT2D eigenvalue weighted by molar-refractivity contribution is 0.0730. The van der Waals surface area contributed by atoms with Gasteiger partial charge in [0.2, 0.25) is 10.0 Å². The second-order valence-corrected chi connectivity index (χ2v) is 10.6. The molecule has 9 nitrogen and oxygen atoms in total. The maximum absolute atomic E-state index is 13.1. The number of hydrogen-bond donors (Lipinski definition) is 1. The molecule has 1 amide bonds. The minimum absolute atomic E-state index is 0.189. The van der Waals surface area contributed by atoms with Crippen LogP contribution in [0.4, 0.5) is 0 Å². The molecule has 33 heavy (non-hydrogen) atoms. The van der Waals surface area contributed by atoms with E-state index in [2.05, 4.69) is 10.4 Å². The number of aryl methyl sites for hydroxylation is 2. The van der Waals surface area contributed by atoms with E-state index in [-0.39, 0.29) is 10.8 Å². The quantitative estimate of drug-likeness (QED) is 0.593. The van der Waals surface area contributed by atoms with Gasteiger partial charge in [-0.05, 0) is 43.5 Å². The maximum atomic E-state index is 13.1. The molecule has 1 N–H and O–H groups in total. The number of aromatic nitrogens is 3. The number of nitrogens with zero attached hydrogens (tertiary/aromatic N) is 4. The summed E-state index contributed by atoms with van der Waals surface area (Å²) in [6, 6.07) is 8.55. The highest BCUT2D eigenvalue weighted by atomic mass is 32.2. The largest absolute Gasteiger partial charge is 0.379 e. The number of sulfonamides is 1. The Labute approximate surface area is 192 Å². The summed E-state index contributed by atoms with van der Waals surface area (Å²) in [4.78, 5) is 18.1. The molecule has 1 saturated heterocycles. The normalized spacial score (nSPS) is 17.4. The van der Waals surface area contributed by atoms with Gasteiger partial charge in [0, 0.05) is 38.3 Å². The summed E-state index contributed by atoms with van der Waals surface area (Å²) < 4.78 is 34.0. The van der Waals surface area contributed by atoms with Crippen molar-refractivity contribution in [2.24, 2.45) is 7.05 Å². The minimum atomic E-state index is -3.54. The average molecular weight is 470 g/mol.